The third-order valence-corrected chi connectivity index (χ3v) is 5.69. The van der Waals surface area contributed by atoms with Crippen molar-refractivity contribution >= 4 is 11.8 Å². The summed E-state index contributed by atoms with van der Waals surface area (Å²) in [6.07, 6.45) is 5.51. The van der Waals surface area contributed by atoms with Gasteiger partial charge in [0.1, 0.15) is 0 Å². The molecule has 2 aliphatic rings. The van der Waals surface area contributed by atoms with Crippen LogP contribution in [0.15, 0.2) is 0 Å². The zero-order chi connectivity index (χ0) is 12.4. The van der Waals surface area contributed by atoms with E-state index in [1.807, 2.05) is 0 Å². The molecule has 2 bridgehead atoms. The number of hydrogen-bond donors (Lipinski definition) is 2. The summed E-state index contributed by atoms with van der Waals surface area (Å²) in [6.45, 7) is 9.07. The van der Waals surface area contributed by atoms with Crippen molar-refractivity contribution in [1.82, 2.24) is 10.6 Å². The first-order chi connectivity index (χ1) is 8.06. The normalized spacial score (nSPS) is 37.8. The summed E-state index contributed by atoms with van der Waals surface area (Å²) >= 11 is 2.25. The number of fused-ring (bicyclic) bond motifs is 2. The fourth-order valence-electron chi connectivity index (χ4n) is 3.25. The molecule has 0 aliphatic carbocycles. The van der Waals surface area contributed by atoms with Crippen molar-refractivity contribution in [3.05, 3.63) is 0 Å². The highest BCUT2D eigenvalue weighted by Crippen LogP contribution is 2.41. The van der Waals surface area contributed by atoms with Gasteiger partial charge in [0, 0.05) is 34.7 Å². The van der Waals surface area contributed by atoms with Crippen LogP contribution in [0.4, 0.5) is 0 Å². The molecule has 0 aromatic carbocycles. The molecule has 3 heteroatoms. The van der Waals surface area contributed by atoms with Crippen LogP contribution in [-0.2, 0) is 0 Å². The maximum absolute atomic E-state index is 3.75. The lowest BCUT2D eigenvalue weighted by molar-refractivity contribution is 0.311. The molecular formula is C14H28N2S. The molecule has 2 saturated heterocycles. The van der Waals surface area contributed by atoms with Gasteiger partial charge in [0.2, 0.25) is 0 Å². The van der Waals surface area contributed by atoms with E-state index >= 15 is 0 Å². The van der Waals surface area contributed by atoms with E-state index in [1.165, 1.54) is 25.7 Å². The van der Waals surface area contributed by atoms with Gasteiger partial charge in [-0.2, -0.15) is 11.8 Å². The molecule has 17 heavy (non-hydrogen) atoms. The van der Waals surface area contributed by atoms with E-state index in [0.717, 1.165) is 22.6 Å². The Bertz CT molecular complexity index is 218. The molecule has 0 amide bonds. The fraction of sp³-hybridized carbons (Fsp3) is 1.00. The Hall–Kier alpha value is 0.270. The molecule has 2 nitrogen and oxygen atoms in total. The van der Waals surface area contributed by atoms with E-state index < -0.39 is 0 Å². The fourth-order valence-corrected chi connectivity index (χ4v) is 5.05. The highest BCUT2D eigenvalue weighted by Gasteiger charge is 2.39. The monoisotopic (exact) mass is 256 g/mol. The Balaban J connectivity index is 1.87. The Morgan fingerprint density at radius 1 is 0.765 bits per heavy atom. The zero-order valence-corrected chi connectivity index (χ0v) is 12.5. The molecule has 0 aromatic rings. The predicted molar refractivity (Wildman–Crippen MR) is 77.8 cm³/mol. The Kier molecular flexibility index (Phi) is 4.79. The van der Waals surface area contributed by atoms with Crippen molar-refractivity contribution in [3.63, 3.8) is 0 Å². The van der Waals surface area contributed by atoms with E-state index in [2.05, 4.69) is 50.1 Å². The largest absolute Gasteiger partial charge is 0.311 e. The van der Waals surface area contributed by atoms with Crippen LogP contribution < -0.4 is 10.6 Å². The molecular weight excluding hydrogens is 228 g/mol. The van der Waals surface area contributed by atoms with E-state index in [-0.39, 0.29) is 0 Å². The van der Waals surface area contributed by atoms with Gasteiger partial charge < -0.3 is 10.6 Å². The SMILES string of the molecule is CC(C)NC1CCC2SC1CCC2NC(C)C. The van der Waals surface area contributed by atoms with Gasteiger partial charge in [-0.15, -0.1) is 0 Å². The second kappa shape index (κ2) is 5.94. The summed E-state index contributed by atoms with van der Waals surface area (Å²) in [5.41, 5.74) is 0. The molecule has 0 aromatic heterocycles. The molecule has 100 valence electrons. The lowest BCUT2D eigenvalue weighted by atomic mass is 9.90. The van der Waals surface area contributed by atoms with Crippen LogP contribution in [-0.4, -0.2) is 34.7 Å². The van der Waals surface area contributed by atoms with Crippen molar-refractivity contribution in [2.75, 3.05) is 0 Å². The average Bonchev–Trinajstić information content (AvgIpc) is 2.24. The predicted octanol–water partition coefficient (Wildman–Crippen LogP) is 2.78. The van der Waals surface area contributed by atoms with Crippen molar-refractivity contribution in [3.8, 4) is 0 Å². The molecule has 0 saturated carbocycles. The van der Waals surface area contributed by atoms with Gasteiger partial charge in [-0.05, 0) is 25.7 Å². The van der Waals surface area contributed by atoms with Gasteiger partial charge in [-0.25, -0.2) is 0 Å². The van der Waals surface area contributed by atoms with E-state index in [1.54, 1.807) is 0 Å². The zero-order valence-electron chi connectivity index (χ0n) is 11.7. The summed E-state index contributed by atoms with van der Waals surface area (Å²) in [5.74, 6) is 0. The second-order valence-electron chi connectivity index (χ2n) is 6.22. The van der Waals surface area contributed by atoms with Crippen molar-refractivity contribution < 1.29 is 0 Å². The van der Waals surface area contributed by atoms with Gasteiger partial charge in [-0.3, -0.25) is 0 Å². The van der Waals surface area contributed by atoms with Crippen molar-refractivity contribution in [2.45, 2.75) is 88.0 Å². The molecule has 4 atom stereocenters. The first kappa shape index (κ1) is 13.7. The molecule has 2 heterocycles. The van der Waals surface area contributed by atoms with E-state index in [4.69, 9.17) is 0 Å². The third kappa shape index (κ3) is 3.62. The summed E-state index contributed by atoms with van der Waals surface area (Å²) in [4.78, 5) is 0. The van der Waals surface area contributed by atoms with Gasteiger partial charge >= 0.3 is 0 Å². The number of nitrogens with one attached hydrogen (secondary N) is 2. The maximum Gasteiger partial charge on any atom is 0.0205 e. The van der Waals surface area contributed by atoms with E-state index in [9.17, 15) is 0 Å². The molecule has 0 spiro atoms. The van der Waals surface area contributed by atoms with Crippen LogP contribution in [0.1, 0.15) is 53.4 Å². The Morgan fingerprint density at radius 2 is 1.18 bits per heavy atom. The Labute approximate surface area is 111 Å². The standard InChI is InChI=1S/C14H28N2S/c1-9(2)15-11-5-7-14-12(16-10(3)4)6-8-13(11)17-14/h9-16H,5-8H2,1-4H3. The Morgan fingerprint density at radius 3 is 1.53 bits per heavy atom. The minimum absolute atomic E-state index is 0.628. The molecule has 2 fully saturated rings. The summed E-state index contributed by atoms with van der Waals surface area (Å²) in [7, 11) is 0. The number of rotatable bonds is 4. The molecule has 2 rings (SSSR count). The minimum atomic E-state index is 0.628. The minimum Gasteiger partial charge on any atom is -0.311 e. The van der Waals surface area contributed by atoms with Crippen molar-refractivity contribution in [2.24, 2.45) is 0 Å². The number of thioether (sulfide) groups is 1. The molecule has 2 N–H and O–H groups in total. The van der Waals surface area contributed by atoms with Gasteiger partial charge in [-0.1, -0.05) is 27.7 Å². The van der Waals surface area contributed by atoms with Crippen molar-refractivity contribution in [1.29, 1.82) is 0 Å². The number of hydrogen-bond acceptors (Lipinski definition) is 3. The van der Waals surface area contributed by atoms with Gasteiger partial charge in [0.05, 0.1) is 0 Å². The first-order valence-corrected chi connectivity index (χ1v) is 8.18. The van der Waals surface area contributed by atoms with E-state index in [0.29, 0.717) is 12.1 Å². The molecule has 4 unspecified atom stereocenters. The average molecular weight is 256 g/mol. The quantitative estimate of drug-likeness (QED) is 0.809. The van der Waals surface area contributed by atoms with Crippen LogP contribution in [0.25, 0.3) is 0 Å². The summed E-state index contributed by atoms with van der Waals surface area (Å²) in [6, 6.07) is 2.78. The summed E-state index contributed by atoms with van der Waals surface area (Å²) in [5, 5.41) is 9.23. The lowest BCUT2D eigenvalue weighted by Crippen LogP contribution is -2.54. The van der Waals surface area contributed by atoms with Crippen LogP contribution in [0.5, 0.6) is 0 Å². The van der Waals surface area contributed by atoms with Gasteiger partial charge in [0.25, 0.3) is 0 Å². The summed E-state index contributed by atoms with van der Waals surface area (Å²) < 4.78 is 0. The second-order valence-corrected chi connectivity index (χ2v) is 7.71. The molecule has 0 radical (unpaired) electrons. The van der Waals surface area contributed by atoms with Crippen LogP contribution in [0.3, 0.4) is 0 Å². The molecule has 2 aliphatic heterocycles. The van der Waals surface area contributed by atoms with Gasteiger partial charge in [0.15, 0.2) is 0 Å². The highest BCUT2D eigenvalue weighted by molar-refractivity contribution is 8.00. The first-order valence-electron chi connectivity index (χ1n) is 7.24. The lowest BCUT2D eigenvalue weighted by Gasteiger charge is -2.45. The highest BCUT2D eigenvalue weighted by atomic mass is 32.2. The van der Waals surface area contributed by atoms with Crippen LogP contribution in [0.2, 0.25) is 0 Å². The maximum atomic E-state index is 3.75. The third-order valence-electron chi connectivity index (χ3n) is 3.87. The smallest absolute Gasteiger partial charge is 0.0205 e. The topological polar surface area (TPSA) is 24.1 Å². The van der Waals surface area contributed by atoms with Crippen LogP contribution >= 0.6 is 11.8 Å². The van der Waals surface area contributed by atoms with Crippen LogP contribution in [0, 0.1) is 0 Å².